The summed E-state index contributed by atoms with van der Waals surface area (Å²) in [5.41, 5.74) is 2.16. The molecule has 3 aromatic rings. The molecule has 0 saturated heterocycles. The number of esters is 1. The van der Waals surface area contributed by atoms with Crippen molar-refractivity contribution in [2.75, 3.05) is 13.7 Å². The minimum Gasteiger partial charge on any atom is -0.452 e. The van der Waals surface area contributed by atoms with Crippen LogP contribution in [0, 0.1) is 0 Å². The second-order valence-corrected chi connectivity index (χ2v) is 8.92. The van der Waals surface area contributed by atoms with E-state index in [1.807, 2.05) is 60.7 Å². The molecule has 0 heterocycles. The summed E-state index contributed by atoms with van der Waals surface area (Å²) in [6, 6.07) is 24.3. The van der Waals surface area contributed by atoms with E-state index in [0.29, 0.717) is 6.42 Å². The van der Waals surface area contributed by atoms with Gasteiger partial charge in [0.15, 0.2) is 6.61 Å². The molecule has 2 N–H and O–H groups in total. The second kappa shape index (κ2) is 10.7. The lowest BCUT2D eigenvalue weighted by Gasteiger charge is -2.19. The van der Waals surface area contributed by atoms with Crippen LogP contribution in [0.15, 0.2) is 89.8 Å². The first kappa shape index (κ1) is 23.2. The van der Waals surface area contributed by atoms with Gasteiger partial charge in [0.25, 0.3) is 5.91 Å². The zero-order valence-corrected chi connectivity index (χ0v) is 18.3. The fourth-order valence-electron chi connectivity index (χ4n) is 3.13. The summed E-state index contributed by atoms with van der Waals surface area (Å²) in [5, 5.41) is 2.92. The van der Waals surface area contributed by atoms with Gasteiger partial charge in [0.2, 0.25) is 10.0 Å². The number of ether oxygens (including phenoxy) is 1. The maximum absolute atomic E-state index is 12.5. The van der Waals surface area contributed by atoms with Gasteiger partial charge in [0, 0.05) is 0 Å². The molecular weight excluding hydrogens is 428 g/mol. The molecule has 0 aliphatic carbocycles. The van der Waals surface area contributed by atoms with Crippen LogP contribution >= 0.6 is 0 Å². The largest absolute Gasteiger partial charge is 0.452 e. The molecule has 0 fully saturated rings. The molecule has 3 aromatic carbocycles. The number of amides is 1. The minimum atomic E-state index is -3.60. The van der Waals surface area contributed by atoms with Crippen LogP contribution in [-0.2, 0) is 26.0 Å². The topological polar surface area (TPSA) is 102 Å². The van der Waals surface area contributed by atoms with Crippen molar-refractivity contribution in [1.82, 2.24) is 10.0 Å². The number of nitrogens with one attached hydrogen (secondary N) is 2. The quantitative estimate of drug-likeness (QED) is 0.486. The Labute approximate surface area is 187 Å². The molecule has 1 atom stereocenters. The summed E-state index contributed by atoms with van der Waals surface area (Å²) < 4.78 is 30.8. The third-order valence-electron chi connectivity index (χ3n) is 4.82. The van der Waals surface area contributed by atoms with Crippen molar-refractivity contribution in [2.24, 2.45) is 0 Å². The fourth-order valence-corrected chi connectivity index (χ4v) is 3.86. The first-order valence-electron chi connectivity index (χ1n) is 9.98. The van der Waals surface area contributed by atoms with Gasteiger partial charge in [0.05, 0.1) is 16.5 Å². The fraction of sp³-hybridized carbons (Fsp3) is 0.167. The van der Waals surface area contributed by atoms with Gasteiger partial charge in [-0.3, -0.25) is 4.79 Å². The maximum atomic E-state index is 12.5. The summed E-state index contributed by atoms with van der Waals surface area (Å²) in [5.74, 6) is -1.15. The number of carbonyl (C=O) groups is 2. The molecule has 0 aliphatic rings. The summed E-state index contributed by atoms with van der Waals surface area (Å²) in [6.45, 7) is -0.451. The van der Waals surface area contributed by atoms with Gasteiger partial charge < -0.3 is 10.1 Å². The standard InChI is InChI=1S/C24H24N2O5S/c1-25-32(29,30)21-14-12-20(13-15-21)24(28)31-17-23(27)26-22(19-10-6-3-7-11-19)16-18-8-4-2-5-9-18/h2-15,22,25H,16-17H2,1H3,(H,26,27). The number of hydrogen-bond acceptors (Lipinski definition) is 5. The maximum Gasteiger partial charge on any atom is 0.338 e. The van der Waals surface area contributed by atoms with Crippen molar-refractivity contribution in [3.8, 4) is 0 Å². The molecule has 32 heavy (non-hydrogen) atoms. The first-order chi connectivity index (χ1) is 15.4. The van der Waals surface area contributed by atoms with Crippen molar-refractivity contribution in [2.45, 2.75) is 17.4 Å². The van der Waals surface area contributed by atoms with Crippen LogP contribution in [-0.4, -0.2) is 33.9 Å². The number of rotatable bonds is 9. The van der Waals surface area contributed by atoms with Crippen molar-refractivity contribution in [1.29, 1.82) is 0 Å². The molecule has 0 radical (unpaired) electrons. The lowest BCUT2D eigenvalue weighted by atomic mass is 9.99. The van der Waals surface area contributed by atoms with Gasteiger partial charge in [-0.2, -0.15) is 0 Å². The van der Waals surface area contributed by atoms with E-state index in [9.17, 15) is 18.0 Å². The smallest absolute Gasteiger partial charge is 0.338 e. The normalized spacial score (nSPS) is 12.0. The van der Waals surface area contributed by atoms with Gasteiger partial charge in [-0.15, -0.1) is 0 Å². The van der Waals surface area contributed by atoms with E-state index in [2.05, 4.69) is 10.0 Å². The monoisotopic (exact) mass is 452 g/mol. The van der Waals surface area contributed by atoms with E-state index in [-0.39, 0.29) is 16.5 Å². The zero-order chi connectivity index (χ0) is 23.0. The highest BCUT2D eigenvalue weighted by molar-refractivity contribution is 7.89. The molecule has 7 nitrogen and oxygen atoms in total. The summed E-state index contributed by atoms with van der Waals surface area (Å²) >= 11 is 0. The number of sulfonamides is 1. The molecule has 8 heteroatoms. The third kappa shape index (κ3) is 6.26. The molecule has 0 spiro atoms. The van der Waals surface area contributed by atoms with Gasteiger partial charge >= 0.3 is 5.97 Å². The van der Waals surface area contributed by atoms with Gasteiger partial charge in [-0.1, -0.05) is 60.7 Å². The molecule has 0 aromatic heterocycles. The predicted octanol–water partition coefficient (Wildman–Crippen LogP) is 2.85. The van der Waals surface area contributed by atoms with Crippen LogP contribution in [0.4, 0.5) is 0 Å². The molecule has 166 valence electrons. The highest BCUT2D eigenvalue weighted by Crippen LogP contribution is 2.18. The van der Waals surface area contributed by atoms with Gasteiger partial charge in [-0.05, 0) is 48.9 Å². The zero-order valence-electron chi connectivity index (χ0n) is 17.5. The van der Waals surface area contributed by atoms with E-state index in [0.717, 1.165) is 11.1 Å². The average Bonchev–Trinajstić information content (AvgIpc) is 2.83. The van der Waals surface area contributed by atoms with Crippen LogP contribution in [0.25, 0.3) is 0 Å². The van der Waals surface area contributed by atoms with Crippen molar-refractivity contribution >= 4 is 21.9 Å². The summed E-state index contributed by atoms with van der Waals surface area (Å²) in [4.78, 5) is 24.8. The summed E-state index contributed by atoms with van der Waals surface area (Å²) in [6.07, 6.45) is 0.589. The first-order valence-corrected chi connectivity index (χ1v) is 11.5. The van der Waals surface area contributed by atoms with Crippen LogP contribution in [0.2, 0.25) is 0 Å². The van der Waals surface area contributed by atoms with E-state index < -0.39 is 28.5 Å². The molecule has 1 unspecified atom stereocenters. The molecule has 1 amide bonds. The van der Waals surface area contributed by atoms with Gasteiger partial charge in [0.1, 0.15) is 0 Å². The van der Waals surface area contributed by atoms with Crippen LogP contribution in [0.5, 0.6) is 0 Å². The Morgan fingerprint density at radius 1 is 0.875 bits per heavy atom. The van der Waals surface area contributed by atoms with E-state index in [1.165, 1.54) is 31.3 Å². The third-order valence-corrected chi connectivity index (χ3v) is 6.25. The molecule has 0 aliphatic heterocycles. The molecular formula is C24H24N2O5S. The highest BCUT2D eigenvalue weighted by atomic mass is 32.2. The average molecular weight is 453 g/mol. The Morgan fingerprint density at radius 2 is 1.47 bits per heavy atom. The predicted molar refractivity (Wildman–Crippen MR) is 120 cm³/mol. The van der Waals surface area contributed by atoms with Crippen LogP contribution < -0.4 is 10.0 Å². The molecule has 0 saturated carbocycles. The lowest BCUT2D eigenvalue weighted by molar-refractivity contribution is -0.125. The summed E-state index contributed by atoms with van der Waals surface area (Å²) in [7, 11) is -2.30. The lowest BCUT2D eigenvalue weighted by Crippen LogP contribution is -2.33. The Morgan fingerprint density at radius 3 is 2.06 bits per heavy atom. The van der Waals surface area contributed by atoms with Crippen molar-refractivity contribution in [3.05, 3.63) is 102 Å². The van der Waals surface area contributed by atoms with E-state index in [4.69, 9.17) is 4.74 Å². The van der Waals surface area contributed by atoms with Crippen LogP contribution in [0.1, 0.15) is 27.5 Å². The number of benzene rings is 3. The molecule has 3 rings (SSSR count). The Hall–Kier alpha value is -3.49. The number of hydrogen-bond donors (Lipinski definition) is 2. The van der Waals surface area contributed by atoms with Crippen molar-refractivity contribution in [3.63, 3.8) is 0 Å². The van der Waals surface area contributed by atoms with Crippen LogP contribution in [0.3, 0.4) is 0 Å². The van der Waals surface area contributed by atoms with Crippen molar-refractivity contribution < 1.29 is 22.7 Å². The Balaban J connectivity index is 1.61. The molecule has 0 bridgehead atoms. The minimum absolute atomic E-state index is 0.0286. The van der Waals surface area contributed by atoms with E-state index >= 15 is 0 Å². The number of carbonyl (C=O) groups excluding carboxylic acids is 2. The SMILES string of the molecule is CNS(=O)(=O)c1ccc(C(=O)OCC(=O)NC(Cc2ccccc2)c2ccccc2)cc1. The Bertz CT molecular complexity index is 1150. The van der Waals surface area contributed by atoms with Gasteiger partial charge in [-0.25, -0.2) is 17.9 Å². The highest BCUT2D eigenvalue weighted by Gasteiger charge is 2.18. The van der Waals surface area contributed by atoms with E-state index in [1.54, 1.807) is 0 Å². The Kier molecular flexibility index (Phi) is 7.75. The second-order valence-electron chi connectivity index (χ2n) is 7.03.